The summed E-state index contributed by atoms with van der Waals surface area (Å²) in [7, 11) is 4.08. The van der Waals surface area contributed by atoms with Gasteiger partial charge < -0.3 is 20.4 Å². The van der Waals surface area contributed by atoms with E-state index < -0.39 is 0 Å². The predicted molar refractivity (Wildman–Crippen MR) is 148 cm³/mol. The van der Waals surface area contributed by atoms with Gasteiger partial charge in [0, 0.05) is 37.4 Å². The van der Waals surface area contributed by atoms with Crippen LogP contribution in [0.15, 0.2) is 18.2 Å². The van der Waals surface area contributed by atoms with Crippen molar-refractivity contribution in [1.82, 2.24) is 10.2 Å². The van der Waals surface area contributed by atoms with E-state index in [0.717, 1.165) is 57.4 Å². The lowest BCUT2D eigenvalue weighted by molar-refractivity contribution is -0.116. The Morgan fingerprint density at radius 2 is 1.54 bits per heavy atom. The van der Waals surface area contributed by atoms with Gasteiger partial charge in [-0.2, -0.15) is 0 Å². The SMILES string of the molecule is CCCCCCCCCCCC(=O)Nc1ccc(N2CCCCC2)c(C(=O)NCCCN(C)C)c1. The molecule has 1 aromatic carbocycles. The summed E-state index contributed by atoms with van der Waals surface area (Å²) in [6.07, 6.45) is 16.2. The number of benzene rings is 1. The molecule has 2 rings (SSSR count). The van der Waals surface area contributed by atoms with Crippen LogP contribution in [0, 0.1) is 0 Å². The third kappa shape index (κ3) is 11.9. The zero-order valence-corrected chi connectivity index (χ0v) is 22.7. The number of unbranched alkanes of at least 4 members (excludes halogenated alkanes) is 8. The van der Waals surface area contributed by atoms with Crippen LogP contribution < -0.4 is 15.5 Å². The van der Waals surface area contributed by atoms with Gasteiger partial charge >= 0.3 is 0 Å². The molecular weight excluding hydrogens is 436 g/mol. The van der Waals surface area contributed by atoms with Crippen molar-refractivity contribution < 1.29 is 9.59 Å². The lowest BCUT2D eigenvalue weighted by Crippen LogP contribution is -2.33. The Morgan fingerprint density at radius 1 is 0.886 bits per heavy atom. The Kier molecular flexibility index (Phi) is 14.5. The summed E-state index contributed by atoms with van der Waals surface area (Å²) in [5.41, 5.74) is 2.36. The normalized spacial score (nSPS) is 13.8. The summed E-state index contributed by atoms with van der Waals surface area (Å²) in [6, 6.07) is 5.81. The highest BCUT2D eigenvalue weighted by Gasteiger charge is 2.19. The first kappa shape index (κ1) is 29.2. The largest absolute Gasteiger partial charge is 0.371 e. The number of nitrogens with one attached hydrogen (secondary N) is 2. The average Bonchev–Trinajstić information content (AvgIpc) is 2.86. The van der Waals surface area contributed by atoms with Crippen LogP contribution in [-0.4, -0.2) is 57.0 Å². The molecule has 6 heteroatoms. The van der Waals surface area contributed by atoms with Crippen LogP contribution in [0.3, 0.4) is 0 Å². The van der Waals surface area contributed by atoms with E-state index in [1.54, 1.807) is 0 Å². The molecule has 2 N–H and O–H groups in total. The van der Waals surface area contributed by atoms with Crippen LogP contribution >= 0.6 is 0 Å². The van der Waals surface area contributed by atoms with Crippen molar-refractivity contribution in [3.8, 4) is 0 Å². The van der Waals surface area contributed by atoms with Gasteiger partial charge in [0.2, 0.25) is 5.91 Å². The first-order chi connectivity index (χ1) is 17.0. The van der Waals surface area contributed by atoms with Crippen molar-refractivity contribution >= 4 is 23.2 Å². The average molecular weight is 487 g/mol. The number of carbonyl (C=O) groups is 2. The first-order valence-electron chi connectivity index (χ1n) is 14.1. The number of piperidine rings is 1. The zero-order chi connectivity index (χ0) is 25.3. The number of hydrogen-bond acceptors (Lipinski definition) is 4. The van der Waals surface area contributed by atoms with Crippen molar-refractivity contribution in [1.29, 1.82) is 0 Å². The zero-order valence-electron chi connectivity index (χ0n) is 22.7. The van der Waals surface area contributed by atoms with Crippen LogP contribution in [0.5, 0.6) is 0 Å². The lowest BCUT2D eigenvalue weighted by Gasteiger charge is -2.30. The second kappa shape index (κ2) is 17.4. The van der Waals surface area contributed by atoms with Crippen molar-refractivity contribution in [2.24, 2.45) is 0 Å². The first-order valence-corrected chi connectivity index (χ1v) is 14.1. The summed E-state index contributed by atoms with van der Waals surface area (Å²) in [5, 5.41) is 6.11. The molecule has 0 radical (unpaired) electrons. The number of hydrogen-bond donors (Lipinski definition) is 2. The molecule has 0 aromatic heterocycles. The fourth-order valence-electron chi connectivity index (χ4n) is 4.72. The number of nitrogens with zero attached hydrogens (tertiary/aromatic N) is 2. The molecule has 1 fully saturated rings. The van der Waals surface area contributed by atoms with Gasteiger partial charge in [-0.05, 0) is 70.9 Å². The van der Waals surface area contributed by atoms with Crippen LogP contribution in [0.25, 0.3) is 0 Å². The summed E-state index contributed by atoms with van der Waals surface area (Å²) in [5.74, 6) is -0.0182. The molecule has 0 unspecified atom stereocenters. The van der Waals surface area contributed by atoms with E-state index in [0.29, 0.717) is 24.2 Å². The van der Waals surface area contributed by atoms with Gasteiger partial charge in [0.25, 0.3) is 5.91 Å². The fourth-order valence-corrected chi connectivity index (χ4v) is 4.72. The minimum Gasteiger partial charge on any atom is -0.371 e. The molecule has 0 aliphatic carbocycles. The Hall–Kier alpha value is -2.08. The van der Waals surface area contributed by atoms with Crippen molar-refractivity contribution in [3.63, 3.8) is 0 Å². The molecule has 0 spiro atoms. The Labute approximate surface area is 214 Å². The number of anilines is 2. The molecule has 1 saturated heterocycles. The third-order valence-corrected chi connectivity index (χ3v) is 6.80. The summed E-state index contributed by atoms with van der Waals surface area (Å²) < 4.78 is 0. The topological polar surface area (TPSA) is 64.7 Å². The summed E-state index contributed by atoms with van der Waals surface area (Å²) in [6.45, 7) is 5.79. The van der Waals surface area contributed by atoms with E-state index in [1.165, 1.54) is 51.4 Å². The molecule has 0 bridgehead atoms. The Morgan fingerprint density at radius 3 is 2.20 bits per heavy atom. The standard InChI is InChI=1S/C29H50N4O2/c1-4-5-6-7-8-9-10-11-13-17-28(34)31-25-18-19-27(33-22-14-12-15-23-33)26(24-25)29(35)30-20-16-21-32(2)3/h18-19,24H,4-17,20-23H2,1-3H3,(H,30,35)(H,31,34). The molecule has 1 heterocycles. The van der Waals surface area contributed by atoms with E-state index >= 15 is 0 Å². The second-order valence-electron chi connectivity index (χ2n) is 10.3. The van der Waals surface area contributed by atoms with Gasteiger partial charge in [0.15, 0.2) is 0 Å². The molecule has 0 atom stereocenters. The summed E-state index contributed by atoms with van der Waals surface area (Å²) in [4.78, 5) is 30.0. The molecule has 1 aliphatic rings. The number of rotatable bonds is 17. The Bertz CT molecular complexity index is 744. The molecule has 35 heavy (non-hydrogen) atoms. The maximum atomic E-state index is 13.1. The summed E-state index contributed by atoms with van der Waals surface area (Å²) >= 11 is 0. The predicted octanol–water partition coefficient (Wildman–Crippen LogP) is 6.22. The highest BCUT2D eigenvalue weighted by atomic mass is 16.2. The molecule has 6 nitrogen and oxygen atoms in total. The fraction of sp³-hybridized carbons (Fsp3) is 0.724. The molecule has 1 aromatic rings. The number of carbonyl (C=O) groups excluding carboxylic acids is 2. The lowest BCUT2D eigenvalue weighted by atomic mass is 10.1. The monoisotopic (exact) mass is 486 g/mol. The van der Waals surface area contributed by atoms with Crippen LogP contribution in [0.4, 0.5) is 11.4 Å². The second-order valence-corrected chi connectivity index (χ2v) is 10.3. The van der Waals surface area contributed by atoms with E-state index in [2.05, 4.69) is 27.4 Å². The van der Waals surface area contributed by atoms with Crippen LogP contribution in [0.2, 0.25) is 0 Å². The van der Waals surface area contributed by atoms with E-state index in [9.17, 15) is 9.59 Å². The van der Waals surface area contributed by atoms with Gasteiger partial charge in [-0.25, -0.2) is 0 Å². The van der Waals surface area contributed by atoms with Crippen molar-refractivity contribution in [2.75, 3.05) is 50.5 Å². The maximum absolute atomic E-state index is 13.1. The highest BCUT2D eigenvalue weighted by Crippen LogP contribution is 2.27. The van der Waals surface area contributed by atoms with Gasteiger partial charge in [0.05, 0.1) is 5.56 Å². The van der Waals surface area contributed by atoms with Gasteiger partial charge in [0.1, 0.15) is 0 Å². The maximum Gasteiger partial charge on any atom is 0.253 e. The van der Waals surface area contributed by atoms with E-state index in [-0.39, 0.29) is 11.8 Å². The minimum absolute atomic E-state index is 0.0380. The molecule has 2 amide bonds. The van der Waals surface area contributed by atoms with Crippen LogP contribution in [0.1, 0.15) is 107 Å². The van der Waals surface area contributed by atoms with Gasteiger partial charge in [-0.1, -0.05) is 58.3 Å². The van der Waals surface area contributed by atoms with Crippen molar-refractivity contribution in [2.45, 2.75) is 96.8 Å². The number of amides is 2. The minimum atomic E-state index is -0.0561. The van der Waals surface area contributed by atoms with E-state index in [1.807, 2.05) is 32.3 Å². The third-order valence-electron chi connectivity index (χ3n) is 6.80. The quantitative estimate of drug-likeness (QED) is 0.257. The van der Waals surface area contributed by atoms with Crippen LogP contribution in [-0.2, 0) is 4.79 Å². The smallest absolute Gasteiger partial charge is 0.253 e. The Balaban J connectivity index is 1.86. The van der Waals surface area contributed by atoms with E-state index in [4.69, 9.17) is 0 Å². The van der Waals surface area contributed by atoms with Gasteiger partial charge in [-0.3, -0.25) is 9.59 Å². The molecule has 0 saturated carbocycles. The highest BCUT2D eigenvalue weighted by molar-refractivity contribution is 6.02. The van der Waals surface area contributed by atoms with Crippen molar-refractivity contribution in [3.05, 3.63) is 23.8 Å². The van der Waals surface area contributed by atoms with Gasteiger partial charge in [-0.15, -0.1) is 0 Å². The molecule has 198 valence electrons. The molecule has 1 aliphatic heterocycles. The molecular formula is C29H50N4O2.